The molecule has 5 heteroatoms. The molecule has 0 bridgehead atoms. The van der Waals surface area contributed by atoms with E-state index in [-0.39, 0.29) is 10.6 Å². The molecule has 2 aromatic rings. The number of hydrogen-bond acceptors (Lipinski definition) is 3. The third-order valence-electron chi connectivity index (χ3n) is 3.13. The number of para-hydroxylation sites is 1. The lowest BCUT2D eigenvalue weighted by atomic mass is 10.1. The molecule has 0 saturated carbocycles. The summed E-state index contributed by atoms with van der Waals surface area (Å²) in [6.07, 6.45) is 0. The first-order chi connectivity index (χ1) is 9.41. The van der Waals surface area contributed by atoms with E-state index in [9.17, 15) is 8.42 Å². The van der Waals surface area contributed by atoms with Gasteiger partial charge in [-0.05, 0) is 24.6 Å². The molecule has 0 aliphatic heterocycles. The van der Waals surface area contributed by atoms with Gasteiger partial charge < -0.3 is 5.73 Å². The zero-order valence-corrected chi connectivity index (χ0v) is 12.4. The lowest BCUT2D eigenvalue weighted by Gasteiger charge is -2.18. The van der Waals surface area contributed by atoms with Crippen molar-refractivity contribution in [3.05, 3.63) is 59.7 Å². The lowest BCUT2D eigenvalue weighted by molar-refractivity contribution is 0.467. The Balaban J connectivity index is 2.26. The summed E-state index contributed by atoms with van der Waals surface area (Å²) in [5.41, 5.74) is 8.10. The monoisotopic (exact) mass is 290 g/mol. The Morgan fingerprint density at radius 3 is 2.25 bits per heavy atom. The van der Waals surface area contributed by atoms with Crippen molar-refractivity contribution >= 4 is 15.7 Å². The van der Waals surface area contributed by atoms with Crippen molar-refractivity contribution < 1.29 is 8.42 Å². The topological polar surface area (TPSA) is 63.4 Å². The smallest absolute Gasteiger partial charge is 0.245 e. The molecular weight excluding hydrogens is 272 g/mol. The second kappa shape index (κ2) is 5.64. The third kappa shape index (κ3) is 3.00. The third-order valence-corrected chi connectivity index (χ3v) is 5.01. The summed E-state index contributed by atoms with van der Waals surface area (Å²) in [6.45, 7) is 2.31. The molecule has 0 heterocycles. The highest BCUT2D eigenvalue weighted by molar-refractivity contribution is 7.89. The van der Waals surface area contributed by atoms with Crippen molar-refractivity contribution in [2.75, 3.05) is 12.8 Å². The molecule has 20 heavy (non-hydrogen) atoms. The Kier molecular flexibility index (Phi) is 4.11. The standard InChI is InChI=1S/C15H18N2O2S/c1-12-7-9-13(10-8-12)11-17(2)20(18,19)15-6-4-3-5-14(15)16/h3-10H,11,16H2,1-2H3. The number of hydrogen-bond donors (Lipinski definition) is 1. The number of benzene rings is 2. The van der Waals surface area contributed by atoms with Gasteiger partial charge in [-0.3, -0.25) is 0 Å². The van der Waals surface area contributed by atoms with E-state index >= 15 is 0 Å². The van der Waals surface area contributed by atoms with E-state index < -0.39 is 10.0 Å². The van der Waals surface area contributed by atoms with Gasteiger partial charge in [0.05, 0.1) is 5.69 Å². The zero-order chi connectivity index (χ0) is 14.8. The zero-order valence-electron chi connectivity index (χ0n) is 11.6. The maximum Gasteiger partial charge on any atom is 0.245 e. The fraction of sp³-hybridized carbons (Fsp3) is 0.200. The minimum absolute atomic E-state index is 0.148. The molecule has 0 spiro atoms. The minimum Gasteiger partial charge on any atom is -0.398 e. The van der Waals surface area contributed by atoms with E-state index in [2.05, 4.69) is 0 Å². The van der Waals surface area contributed by atoms with Gasteiger partial charge in [-0.15, -0.1) is 0 Å². The van der Waals surface area contributed by atoms with Gasteiger partial charge in [-0.1, -0.05) is 42.0 Å². The van der Waals surface area contributed by atoms with Gasteiger partial charge in [-0.25, -0.2) is 8.42 Å². The highest BCUT2D eigenvalue weighted by atomic mass is 32.2. The van der Waals surface area contributed by atoms with Crippen LogP contribution in [0, 0.1) is 6.92 Å². The Hall–Kier alpha value is -1.85. The van der Waals surface area contributed by atoms with Crippen molar-refractivity contribution in [2.45, 2.75) is 18.4 Å². The van der Waals surface area contributed by atoms with Crippen LogP contribution >= 0.6 is 0 Å². The number of sulfonamides is 1. The Bertz CT molecular complexity index is 694. The van der Waals surface area contributed by atoms with Crippen LogP contribution in [0.4, 0.5) is 5.69 Å². The van der Waals surface area contributed by atoms with Gasteiger partial charge in [-0.2, -0.15) is 4.31 Å². The lowest BCUT2D eigenvalue weighted by Crippen LogP contribution is -2.27. The summed E-state index contributed by atoms with van der Waals surface area (Å²) in [6, 6.07) is 14.3. The van der Waals surface area contributed by atoms with Gasteiger partial charge in [0.25, 0.3) is 0 Å². The first kappa shape index (κ1) is 14.6. The van der Waals surface area contributed by atoms with E-state index in [1.165, 1.54) is 10.4 Å². The second-order valence-corrected chi connectivity index (χ2v) is 6.80. The van der Waals surface area contributed by atoms with Crippen LogP contribution in [0.5, 0.6) is 0 Å². The van der Waals surface area contributed by atoms with Crippen molar-refractivity contribution in [1.29, 1.82) is 0 Å². The molecule has 4 nitrogen and oxygen atoms in total. The number of nitrogen functional groups attached to an aromatic ring is 1. The number of anilines is 1. The van der Waals surface area contributed by atoms with Crippen molar-refractivity contribution in [3.8, 4) is 0 Å². The minimum atomic E-state index is -3.57. The number of aryl methyl sites for hydroxylation is 1. The van der Waals surface area contributed by atoms with E-state index in [1.807, 2.05) is 31.2 Å². The average Bonchev–Trinajstić information content (AvgIpc) is 2.41. The van der Waals surface area contributed by atoms with Crippen LogP contribution in [0.25, 0.3) is 0 Å². The summed E-state index contributed by atoms with van der Waals surface area (Å²) >= 11 is 0. The largest absolute Gasteiger partial charge is 0.398 e. The molecule has 0 saturated heterocycles. The molecule has 0 atom stereocenters. The summed E-state index contributed by atoms with van der Waals surface area (Å²) in [5.74, 6) is 0. The molecule has 2 N–H and O–H groups in total. The Morgan fingerprint density at radius 1 is 1.05 bits per heavy atom. The predicted molar refractivity (Wildman–Crippen MR) is 80.7 cm³/mol. The summed E-state index contributed by atoms with van der Waals surface area (Å²) in [5, 5.41) is 0. The molecule has 0 amide bonds. The van der Waals surface area contributed by atoms with Crippen LogP contribution in [0.2, 0.25) is 0 Å². The van der Waals surface area contributed by atoms with Gasteiger partial charge in [0, 0.05) is 13.6 Å². The SMILES string of the molecule is Cc1ccc(CN(C)S(=O)(=O)c2ccccc2N)cc1. The maximum absolute atomic E-state index is 12.5. The number of nitrogens with zero attached hydrogens (tertiary/aromatic N) is 1. The number of nitrogens with two attached hydrogens (primary N) is 1. The van der Waals surface area contributed by atoms with Crippen LogP contribution in [0.15, 0.2) is 53.4 Å². The van der Waals surface area contributed by atoms with Crippen molar-refractivity contribution in [3.63, 3.8) is 0 Å². The van der Waals surface area contributed by atoms with Crippen LogP contribution in [-0.4, -0.2) is 19.8 Å². The normalized spacial score (nSPS) is 11.8. The van der Waals surface area contributed by atoms with Crippen LogP contribution < -0.4 is 5.73 Å². The first-order valence-corrected chi connectivity index (χ1v) is 7.71. The van der Waals surface area contributed by atoms with Crippen molar-refractivity contribution in [1.82, 2.24) is 4.31 Å². The Labute approximate surface area is 119 Å². The molecule has 0 unspecified atom stereocenters. The van der Waals surface area contributed by atoms with Crippen LogP contribution in [-0.2, 0) is 16.6 Å². The molecule has 0 aliphatic rings. The highest BCUT2D eigenvalue weighted by Crippen LogP contribution is 2.22. The second-order valence-electron chi connectivity index (χ2n) is 4.78. The van der Waals surface area contributed by atoms with Gasteiger partial charge in [0.2, 0.25) is 10.0 Å². The van der Waals surface area contributed by atoms with E-state index in [0.29, 0.717) is 6.54 Å². The average molecular weight is 290 g/mol. The molecule has 106 valence electrons. The molecule has 0 aromatic heterocycles. The predicted octanol–water partition coefficient (Wildman–Crippen LogP) is 2.40. The molecule has 2 aromatic carbocycles. The summed E-state index contributed by atoms with van der Waals surface area (Å²) in [7, 11) is -2.01. The molecule has 2 rings (SSSR count). The van der Waals surface area contributed by atoms with E-state index in [4.69, 9.17) is 5.73 Å². The highest BCUT2D eigenvalue weighted by Gasteiger charge is 2.22. The van der Waals surface area contributed by atoms with Crippen LogP contribution in [0.1, 0.15) is 11.1 Å². The van der Waals surface area contributed by atoms with Gasteiger partial charge >= 0.3 is 0 Å². The van der Waals surface area contributed by atoms with Crippen LogP contribution in [0.3, 0.4) is 0 Å². The van der Waals surface area contributed by atoms with Gasteiger partial charge in [0.1, 0.15) is 4.90 Å². The molecular formula is C15H18N2O2S. The fourth-order valence-corrected chi connectivity index (χ4v) is 3.19. The van der Waals surface area contributed by atoms with E-state index in [0.717, 1.165) is 11.1 Å². The Morgan fingerprint density at radius 2 is 1.65 bits per heavy atom. The first-order valence-electron chi connectivity index (χ1n) is 6.27. The quantitative estimate of drug-likeness (QED) is 0.879. The summed E-state index contributed by atoms with van der Waals surface area (Å²) < 4.78 is 26.2. The summed E-state index contributed by atoms with van der Waals surface area (Å²) in [4.78, 5) is 0.148. The molecule has 0 aliphatic carbocycles. The van der Waals surface area contributed by atoms with Gasteiger partial charge in [0.15, 0.2) is 0 Å². The number of rotatable bonds is 4. The molecule has 0 fully saturated rings. The van der Waals surface area contributed by atoms with E-state index in [1.54, 1.807) is 25.2 Å². The molecule has 0 radical (unpaired) electrons. The maximum atomic E-state index is 12.5. The van der Waals surface area contributed by atoms with Crippen molar-refractivity contribution in [2.24, 2.45) is 0 Å². The fourth-order valence-electron chi connectivity index (χ4n) is 1.92.